The number of nitrogens with two attached hydrogens (primary N) is 2. The lowest BCUT2D eigenvalue weighted by Gasteiger charge is -2.08. The highest BCUT2D eigenvalue weighted by Crippen LogP contribution is 2.17. The molecule has 0 bridgehead atoms. The molecule has 0 atom stereocenters. The highest BCUT2D eigenvalue weighted by Gasteiger charge is 2.05. The fraction of sp³-hybridized carbons (Fsp3) is 0.333. The van der Waals surface area contributed by atoms with Crippen LogP contribution in [0, 0.1) is 0 Å². The molecule has 1 aromatic rings. The first-order valence-corrected chi connectivity index (χ1v) is 6.03. The molecular weight excluding hydrogens is 270 g/mol. The number of amides is 2. The Morgan fingerprint density at radius 1 is 1.32 bits per heavy atom. The monoisotopic (exact) mass is 285 g/mol. The maximum absolute atomic E-state index is 10.9. The largest absolute Gasteiger partial charge is 0.370 e. The normalized spacial score (nSPS) is 10.4. The van der Waals surface area contributed by atoms with E-state index in [4.69, 9.17) is 27.8 Å². The number of primary amides is 2. The van der Waals surface area contributed by atoms with Crippen LogP contribution in [-0.4, -0.2) is 31.6 Å². The minimum Gasteiger partial charge on any atom is -0.370 e. The quantitative estimate of drug-likeness (QED) is 0.586. The van der Waals surface area contributed by atoms with Gasteiger partial charge in [0.25, 0.3) is 0 Å². The zero-order valence-corrected chi connectivity index (χ0v) is 11.1. The van der Waals surface area contributed by atoms with E-state index < -0.39 is 11.8 Å². The third kappa shape index (κ3) is 5.69. The lowest BCUT2D eigenvalue weighted by Crippen LogP contribution is -2.23. The lowest BCUT2D eigenvalue weighted by atomic mass is 10.1. The van der Waals surface area contributed by atoms with E-state index in [0.717, 1.165) is 5.56 Å². The van der Waals surface area contributed by atoms with Gasteiger partial charge < -0.3 is 21.5 Å². The molecule has 0 fully saturated rings. The highest BCUT2D eigenvalue weighted by atomic mass is 35.5. The second-order valence-corrected chi connectivity index (χ2v) is 4.27. The summed E-state index contributed by atoms with van der Waals surface area (Å²) < 4.78 is 4.98. The number of benzene rings is 1. The molecule has 6 nitrogen and oxygen atoms in total. The summed E-state index contributed by atoms with van der Waals surface area (Å²) in [5.41, 5.74) is 11.3. The number of nitrogens with one attached hydrogen (secondary N) is 1. The van der Waals surface area contributed by atoms with Crippen LogP contribution in [0.3, 0.4) is 0 Å². The average Bonchev–Trinajstić information content (AvgIpc) is 2.34. The van der Waals surface area contributed by atoms with Gasteiger partial charge in [-0.05, 0) is 17.7 Å². The van der Waals surface area contributed by atoms with Crippen molar-refractivity contribution >= 4 is 23.4 Å². The summed E-state index contributed by atoms with van der Waals surface area (Å²) >= 11 is 6.01. The molecular formula is C12H16ClN3O3. The third-order valence-corrected chi connectivity index (χ3v) is 2.67. The maximum Gasteiger partial charge on any atom is 0.248 e. The molecule has 0 spiro atoms. The van der Waals surface area contributed by atoms with Crippen molar-refractivity contribution in [1.82, 2.24) is 5.32 Å². The minimum atomic E-state index is -0.513. The zero-order chi connectivity index (χ0) is 14.3. The molecule has 104 valence electrons. The van der Waals surface area contributed by atoms with Crippen molar-refractivity contribution < 1.29 is 14.3 Å². The van der Waals surface area contributed by atoms with Crippen LogP contribution < -0.4 is 16.8 Å². The molecule has 0 aliphatic carbocycles. The third-order valence-electron chi connectivity index (χ3n) is 2.32. The molecule has 19 heavy (non-hydrogen) atoms. The molecule has 0 radical (unpaired) electrons. The predicted octanol–water partition coefficient (Wildman–Crippen LogP) is 0.0304. The summed E-state index contributed by atoms with van der Waals surface area (Å²) in [4.78, 5) is 21.4. The molecule has 5 N–H and O–H groups in total. The van der Waals surface area contributed by atoms with E-state index in [2.05, 4.69) is 5.32 Å². The Bertz CT molecular complexity index is 466. The van der Waals surface area contributed by atoms with Gasteiger partial charge in [-0.15, -0.1) is 0 Å². The van der Waals surface area contributed by atoms with Crippen molar-refractivity contribution in [1.29, 1.82) is 0 Å². The van der Waals surface area contributed by atoms with E-state index in [1.807, 2.05) is 0 Å². The SMILES string of the molecule is NC(=O)COCCNCc1ccc(C(N)=O)cc1Cl. The number of rotatable bonds is 8. The van der Waals surface area contributed by atoms with Crippen molar-refractivity contribution in [3.8, 4) is 0 Å². The van der Waals surface area contributed by atoms with Crippen LogP contribution in [-0.2, 0) is 16.1 Å². The summed E-state index contributed by atoms with van der Waals surface area (Å²) in [6, 6.07) is 4.89. The number of ether oxygens (including phenoxy) is 1. The Kier molecular flexibility index (Phi) is 6.27. The van der Waals surface area contributed by atoms with E-state index in [1.165, 1.54) is 6.07 Å². The minimum absolute atomic E-state index is 0.0876. The first-order valence-electron chi connectivity index (χ1n) is 5.65. The van der Waals surface area contributed by atoms with Gasteiger partial charge >= 0.3 is 0 Å². The Balaban J connectivity index is 2.33. The topological polar surface area (TPSA) is 107 Å². The van der Waals surface area contributed by atoms with E-state index in [-0.39, 0.29) is 6.61 Å². The van der Waals surface area contributed by atoms with Gasteiger partial charge in [0.1, 0.15) is 6.61 Å². The van der Waals surface area contributed by atoms with Crippen LogP contribution in [0.15, 0.2) is 18.2 Å². The summed E-state index contributed by atoms with van der Waals surface area (Å²) in [5, 5.41) is 3.56. The molecule has 0 unspecified atom stereocenters. The molecule has 0 aliphatic rings. The molecule has 1 rings (SSSR count). The Hall–Kier alpha value is -1.63. The smallest absolute Gasteiger partial charge is 0.248 e. The summed E-state index contributed by atoms with van der Waals surface area (Å²) in [6.07, 6.45) is 0. The number of hydrogen-bond acceptors (Lipinski definition) is 4. The number of carbonyl (C=O) groups excluding carboxylic acids is 2. The first-order chi connectivity index (χ1) is 9.00. The molecule has 0 heterocycles. The molecule has 0 saturated carbocycles. The van der Waals surface area contributed by atoms with Gasteiger partial charge in [0.2, 0.25) is 11.8 Å². The molecule has 0 aliphatic heterocycles. The van der Waals surface area contributed by atoms with Crippen LogP contribution in [0.1, 0.15) is 15.9 Å². The molecule has 2 amide bonds. The van der Waals surface area contributed by atoms with Crippen molar-refractivity contribution in [3.63, 3.8) is 0 Å². The lowest BCUT2D eigenvalue weighted by molar-refractivity contribution is -0.122. The second-order valence-electron chi connectivity index (χ2n) is 3.87. The zero-order valence-electron chi connectivity index (χ0n) is 10.3. The molecule has 1 aromatic carbocycles. The van der Waals surface area contributed by atoms with Gasteiger partial charge in [-0.3, -0.25) is 9.59 Å². The highest BCUT2D eigenvalue weighted by molar-refractivity contribution is 6.31. The van der Waals surface area contributed by atoms with Gasteiger partial charge in [0, 0.05) is 23.7 Å². The number of hydrogen-bond donors (Lipinski definition) is 3. The number of carbonyl (C=O) groups is 2. The van der Waals surface area contributed by atoms with Crippen LogP contribution in [0.25, 0.3) is 0 Å². The van der Waals surface area contributed by atoms with E-state index in [9.17, 15) is 9.59 Å². The van der Waals surface area contributed by atoms with E-state index in [0.29, 0.717) is 30.3 Å². The van der Waals surface area contributed by atoms with Crippen molar-refractivity contribution in [2.24, 2.45) is 11.5 Å². The number of halogens is 1. The Morgan fingerprint density at radius 2 is 2.05 bits per heavy atom. The Morgan fingerprint density at radius 3 is 2.63 bits per heavy atom. The first kappa shape index (κ1) is 15.4. The molecule has 7 heteroatoms. The summed E-state index contributed by atoms with van der Waals surface area (Å²) in [5.74, 6) is -1.01. The van der Waals surface area contributed by atoms with Gasteiger partial charge in [-0.1, -0.05) is 17.7 Å². The van der Waals surface area contributed by atoms with Crippen LogP contribution in [0.5, 0.6) is 0 Å². The molecule has 0 saturated heterocycles. The maximum atomic E-state index is 10.9. The van der Waals surface area contributed by atoms with Crippen LogP contribution in [0.2, 0.25) is 5.02 Å². The standard InChI is InChI=1S/C12H16ClN3O3/c13-10-5-8(12(15)18)1-2-9(10)6-16-3-4-19-7-11(14)17/h1-2,5,16H,3-4,6-7H2,(H2,14,17)(H2,15,18). The van der Waals surface area contributed by atoms with Crippen molar-refractivity contribution in [3.05, 3.63) is 34.3 Å². The van der Waals surface area contributed by atoms with Crippen LogP contribution >= 0.6 is 11.6 Å². The fourth-order valence-electron chi connectivity index (χ4n) is 1.38. The summed E-state index contributed by atoms with van der Waals surface area (Å²) in [7, 11) is 0. The predicted molar refractivity (Wildman–Crippen MR) is 71.7 cm³/mol. The van der Waals surface area contributed by atoms with Crippen molar-refractivity contribution in [2.75, 3.05) is 19.8 Å². The second kappa shape index (κ2) is 7.73. The van der Waals surface area contributed by atoms with Gasteiger partial charge in [-0.2, -0.15) is 0 Å². The van der Waals surface area contributed by atoms with E-state index >= 15 is 0 Å². The summed E-state index contributed by atoms with van der Waals surface area (Å²) in [6.45, 7) is 1.37. The average molecular weight is 286 g/mol. The van der Waals surface area contributed by atoms with E-state index in [1.54, 1.807) is 12.1 Å². The van der Waals surface area contributed by atoms with Crippen molar-refractivity contribution in [2.45, 2.75) is 6.54 Å². The Labute approximate surface area is 116 Å². The van der Waals surface area contributed by atoms with Gasteiger partial charge in [0.15, 0.2) is 0 Å². The van der Waals surface area contributed by atoms with Gasteiger partial charge in [-0.25, -0.2) is 0 Å². The van der Waals surface area contributed by atoms with Crippen LogP contribution in [0.4, 0.5) is 0 Å². The molecule has 0 aromatic heterocycles. The fourth-order valence-corrected chi connectivity index (χ4v) is 1.63. The van der Waals surface area contributed by atoms with Gasteiger partial charge in [0.05, 0.1) is 6.61 Å².